The van der Waals surface area contributed by atoms with Crippen LogP contribution in [0.2, 0.25) is 0 Å². The van der Waals surface area contributed by atoms with E-state index in [2.05, 4.69) is 15.3 Å². The summed E-state index contributed by atoms with van der Waals surface area (Å²) in [5, 5.41) is 8.00. The van der Waals surface area contributed by atoms with Crippen molar-refractivity contribution < 1.29 is 9.18 Å². The second-order valence-corrected chi connectivity index (χ2v) is 7.36. The fourth-order valence-electron chi connectivity index (χ4n) is 4.04. The molecule has 1 aliphatic heterocycles. The Balaban J connectivity index is 1.65. The highest BCUT2D eigenvalue weighted by atomic mass is 19.1. The summed E-state index contributed by atoms with van der Waals surface area (Å²) in [6, 6.07) is 13.9. The highest BCUT2D eigenvalue weighted by Gasteiger charge is 2.26. The van der Waals surface area contributed by atoms with Crippen molar-refractivity contribution in [2.75, 3.05) is 13.6 Å². The van der Waals surface area contributed by atoms with E-state index in [-0.39, 0.29) is 29.0 Å². The number of fused-ring (bicyclic) bond motifs is 1. The molecule has 1 amide bonds. The molecule has 1 unspecified atom stereocenters. The molecule has 6 nitrogen and oxygen atoms in total. The van der Waals surface area contributed by atoms with E-state index in [1.807, 2.05) is 6.07 Å². The van der Waals surface area contributed by atoms with E-state index < -0.39 is 0 Å². The Labute approximate surface area is 167 Å². The monoisotopic (exact) mass is 394 g/mol. The smallest absolute Gasteiger partial charge is 0.275 e. The number of benzene rings is 2. The van der Waals surface area contributed by atoms with Crippen molar-refractivity contribution in [1.82, 2.24) is 20.0 Å². The van der Waals surface area contributed by atoms with Crippen LogP contribution in [0.5, 0.6) is 0 Å². The van der Waals surface area contributed by atoms with Crippen LogP contribution in [0.25, 0.3) is 10.8 Å². The molecule has 0 aliphatic carbocycles. The van der Waals surface area contributed by atoms with Crippen molar-refractivity contribution in [2.45, 2.75) is 32.0 Å². The first-order valence-corrected chi connectivity index (χ1v) is 9.77. The summed E-state index contributed by atoms with van der Waals surface area (Å²) in [6.45, 7) is 1.13. The normalized spacial score (nSPS) is 17.0. The summed E-state index contributed by atoms with van der Waals surface area (Å²) in [7, 11) is 1.55. The second-order valence-electron chi connectivity index (χ2n) is 7.36. The minimum atomic E-state index is -0.326. The Bertz CT molecular complexity index is 1110. The summed E-state index contributed by atoms with van der Waals surface area (Å²) >= 11 is 0. The molecule has 1 aliphatic rings. The quantitative estimate of drug-likeness (QED) is 0.722. The molecule has 29 heavy (non-hydrogen) atoms. The van der Waals surface area contributed by atoms with Crippen molar-refractivity contribution in [3.8, 4) is 0 Å². The topological polar surface area (TPSA) is 67.2 Å². The van der Waals surface area contributed by atoms with Gasteiger partial charge in [-0.3, -0.25) is 14.5 Å². The lowest BCUT2D eigenvalue weighted by Crippen LogP contribution is -2.39. The number of carbonyl (C=O) groups is 1. The van der Waals surface area contributed by atoms with Crippen LogP contribution in [0, 0.1) is 5.82 Å². The van der Waals surface area contributed by atoms with E-state index in [9.17, 15) is 14.0 Å². The number of nitrogens with one attached hydrogen (secondary N) is 1. The standard InChI is InChI=1S/C22H23FN4O2/c1-24-21(28)20-18-9-2-3-10-19(18)22(29)27(25-20)14-26-11-5-8-17(26)13-15-6-4-7-16(23)12-15/h2-4,6-7,9-10,12,17H,5,8,11,13-14H2,1H3,(H,24,28). The minimum Gasteiger partial charge on any atom is -0.354 e. The molecule has 150 valence electrons. The SMILES string of the molecule is CNC(=O)c1nn(CN2CCCC2Cc2cccc(F)c2)c(=O)c2ccccc12. The van der Waals surface area contributed by atoms with Crippen molar-refractivity contribution in [1.29, 1.82) is 0 Å². The van der Waals surface area contributed by atoms with Gasteiger partial charge in [0.25, 0.3) is 11.5 Å². The predicted octanol–water partition coefficient (Wildman–Crippen LogP) is 2.56. The fourth-order valence-corrected chi connectivity index (χ4v) is 4.04. The zero-order valence-corrected chi connectivity index (χ0v) is 16.3. The number of hydrogen-bond donors (Lipinski definition) is 1. The predicted molar refractivity (Wildman–Crippen MR) is 109 cm³/mol. The third-order valence-electron chi connectivity index (χ3n) is 5.48. The van der Waals surface area contributed by atoms with Gasteiger partial charge in [0.1, 0.15) is 5.82 Å². The van der Waals surface area contributed by atoms with Crippen LogP contribution < -0.4 is 10.9 Å². The lowest BCUT2D eigenvalue weighted by molar-refractivity contribution is 0.0955. The zero-order valence-electron chi connectivity index (χ0n) is 16.3. The minimum absolute atomic E-state index is 0.195. The Hall–Kier alpha value is -3.06. The van der Waals surface area contributed by atoms with Gasteiger partial charge < -0.3 is 5.32 Å². The van der Waals surface area contributed by atoms with Crippen molar-refractivity contribution in [3.63, 3.8) is 0 Å². The molecule has 0 spiro atoms. The molecule has 1 aromatic heterocycles. The molecular formula is C22H23FN4O2. The molecular weight excluding hydrogens is 371 g/mol. The lowest BCUT2D eigenvalue weighted by Gasteiger charge is -2.25. The van der Waals surface area contributed by atoms with Crippen LogP contribution in [-0.2, 0) is 13.1 Å². The Kier molecular flexibility index (Phi) is 5.40. The first kappa shape index (κ1) is 19.3. The molecule has 1 saturated heterocycles. The molecule has 4 rings (SSSR count). The Morgan fingerprint density at radius 1 is 1.21 bits per heavy atom. The summed E-state index contributed by atoms with van der Waals surface area (Å²) in [4.78, 5) is 27.5. The number of aromatic nitrogens is 2. The maximum absolute atomic E-state index is 13.5. The van der Waals surface area contributed by atoms with Gasteiger partial charge in [0, 0.05) is 25.0 Å². The van der Waals surface area contributed by atoms with Crippen LogP contribution >= 0.6 is 0 Å². The van der Waals surface area contributed by atoms with Gasteiger partial charge >= 0.3 is 0 Å². The van der Waals surface area contributed by atoms with E-state index in [4.69, 9.17) is 0 Å². The van der Waals surface area contributed by atoms with E-state index >= 15 is 0 Å². The van der Waals surface area contributed by atoms with Gasteiger partial charge in [0.2, 0.25) is 0 Å². The summed E-state index contributed by atoms with van der Waals surface area (Å²) < 4.78 is 14.9. The van der Waals surface area contributed by atoms with Gasteiger partial charge in [0.15, 0.2) is 5.69 Å². The van der Waals surface area contributed by atoms with E-state index in [1.54, 1.807) is 43.4 Å². The average Bonchev–Trinajstić information content (AvgIpc) is 3.16. The Morgan fingerprint density at radius 2 is 2.00 bits per heavy atom. The summed E-state index contributed by atoms with van der Waals surface area (Å²) in [5.41, 5.74) is 0.958. The van der Waals surface area contributed by atoms with Gasteiger partial charge in [-0.1, -0.05) is 30.3 Å². The zero-order chi connectivity index (χ0) is 20.4. The fraction of sp³-hybridized carbons (Fsp3) is 0.318. The number of hydrogen-bond acceptors (Lipinski definition) is 4. The van der Waals surface area contributed by atoms with E-state index in [0.717, 1.165) is 24.9 Å². The van der Waals surface area contributed by atoms with Gasteiger partial charge in [-0.2, -0.15) is 5.10 Å². The van der Waals surface area contributed by atoms with E-state index in [0.29, 0.717) is 23.9 Å². The molecule has 3 aromatic rings. The highest BCUT2D eigenvalue weighted by Crippen LogP contribution is 2.22. The third-order valence-corrected chi connectivity index (χ3v) is 5.48. The van der Waals surface area contributed by atoms with Gasteiger partial charge in [-0.25, -0.2) is 9.07 Å². The molecule has 7 heteroatoms. The second kappa shape index (κ2) is 8.13. The van der Waals surface area contributed by atoms with Crippen LogP contribution in [0.15, 0.2) is 53.3 Å². The number of likely N-dealkylation sites (tertiary alicyclic amines) is 1. The number of halogens is 1. The highest BCUT2D eigenvalue weighted by molar-refractivity contribution is 6.04. The first-order chi connectivity index (χ1) is 14.1. The summed E-state index contributed by atoms with van der Waals surface area (Å²) in [6.07, 6.45) is 2.69. The molecule has 1 N–H and O–H groups in total. The molecule has 2 aromatic carbocycles. The van der Waals surface area contributed by atoms with Crippen molar-refractivity contribution in [2.24, 2.45) is 0 Å². The molecule has 0 bridgehead atoms. The van der Waals surface area contributed by atoms with E-state index in [1.165, 1.54) is 10.7 Å². The number of amides is 1. The van der Waals surface area contributed by atoms with Gasteiger partial charge in [-0.05, 0) is 43.0 Å². The van der Waals surface area contributed by atoms with Crippen LogP contribution in [-0.4, -0.2) is 40.2 Å². The third kappa shape index (κ3) is 3.91. The van der Waals surface area contributed by atoms with Crippen molar-refractivity contribution in [3.05, 3.63) is 76.0 Å². The number of rotatable bonds is 5. The maximum Gasteiger partial charge on any atom is 0.275 e. The largest absolute Gasteiger partial charge is 0.354 e. The van der Waals surface area contributed by atoms with Gasteiger partial charge in [0.05, 0.1) is 12.1 Å². The summed E-state index contributed by atoms with van der Waals surface area (Å²) in [5.74, 6) is -0.567. The van der Waals surface area contributed by atoms with Crippen LogP contribution in [0.3, 0.4) is 0 Å². The van der Waals surface area contributed by atoms with Gasteiger partial charge in [-0.15, -0.1) is 0 Å². The van der Waals surface area contributed by atoms with Crippen molar-refractivity contribution >= 4 is 16.7 Å². The average molecular weight is 394 g/mol. The molecule has 0 radical (unpaired) electrons. The molecule has 2 heterocycles. The molecule has 1 fully saturated rings. The van der Waals surface area contributed by atoms with Crippen LogP contribution in [0.4, 0.5) is 4.39 Å². The molecule has 1 atom stereocenters. The Morgan fingerprint density at radius 3 is 2.76 bits per heavy atom. The first-order valence-electron chi connectivity index (χ1n) is 9.77. The number of nitrogens with zero attached hydrogens (tertiary/aromatic N) is 3. The maximum atomic E-state index is 13.5. The van der Waals surface area contributed by atoms with Crippen LogP contribution in [0.1, 0.15) is 28.9 Å². The number of carbonyl (C=O) groups excluding carboxylic acids is 1. The lowest BCUT2D eigenvalue weighted by atomic mass is 10.0. The molecule has 0 saturated carbocycles.